The van der Waals surface area contributed by atoms with Crippen molar-refractivity contribution in [1.82, 2.24) is 5.32 Å². The van der Waals surface area contributed by atoms with Gasteiger partial charge in [0.2, 0.25) is 0 Å². The van der Waals surface area contributed by atoms with Crippen molar-refractivity contribution in [1.29, 1.82) is 0 Å². The van der Waals surface area contributed by atoms with Crippen LogP contribution in [-0.4, -0.2) is 19.3 Å². The first kappa shape index (κ1) is 15.9. The third kappa shape index (κ3) is 4.83. The van der Waals surface area contributed by atoms with Crippen LogP contribution in [0, 0.1) is 5.82 Å². The average molecular weight is 344 g/mol. The standard InChI is InChI=1S/C16H23BrFNO/c1-2-7-19-16(6-5-15-4-3-8-20-15)12-9-13(17)11-14(18)10-12/h9-11,15-16,19H,2-8H2,1H3. The van der Waals surface area contributed by atoms with Crippen LogP contribution in [-0.2, 0) is 4.74 Å². The van der Waals surface area contributed by atoms with Gasteiger partial charge < -0.3 is 10.1 Å². The summed E-state index contributed by atoms with van der Waals surface area (Å²) in [7, 11) is 0. The molecule has 0 aliphatic carbocycles. The van der Waals surface area contributed by atoms with Gasteiger partial charge in [0.15, 0.2) is 0 Å². The molecule has 2 unspecified atom stereocenters. The molecule has 112 valence electrons. The molecule has 0 radical (unpaired) electrons. The van der Waals surface area contributed by atoms with Crippen LogP contribution < -0.4 is 5.32 Å². The average Bonchev–Trinajstić information content (AvgIpc) is 2.91. The second kappa shape index (κ2) is 8.11. The molecule has 2 atom stereocenters. The molecule has 1 aliphatic rings. The summed E-state index contributed by atoms with van der Waals surface area (Å²) in [6, 6.07) is 5.34. The smallest absolute Gasteiger partial charge is 0.124 e. The van der Waals surface area contributed by atoms with Crippen LogP contribution in [0.25, 0.3) is 0 Å². The summed E-state index contributed by atoms with van der Waals surface area (Å²) < 4.78 is 20.0. The number of rotatable bonds is 7. The summed E-state index contributed by atoms with van der Waals surface area (Å²) in [5.41, 5.74) is 1.02. The quantitative estimate of drug-likeness (QED) is 0.781. The van der Waals surface area contributed by atoms with Gasteiger partial charge in [0.1, 0.15) is 5.82 Å². The number of halogens is 2. The SMILES string of the molecule is CCCNC(CCC1CCCO1)c1cc(F)cc(Br)c1. The third-order valence-corrected chi connectivity index (χ3v) is 4.19. The fraction of sp³-hybridized carbons (Fsp3) is 0.625. The molecule has 20 heavy (non-hydrogen) atoms. The maximum atomic E-state index is 13.6. The van der Waals surface area contributed by atoms with Gasteiger partial charge in [-0.05, 0) is 62.4 Å². The van der Waals surface area contributed by atoms with Crippen molar-refractivity contribution in [3.63, 3.8) is 0 Å². The summed E-state index contributed by atoms with van der Waals surface area (Å²) in [5, 5.41) is 3.52. The van der Waals surface area contributed by atoms with Gasteiger partial charge in [-0.1, -0.05) is 22.9 Å². The second-order valence-corrected chi connectivity index (χ2v) is 6.34. The van der Waals surface area contributed by atoms with E-state index in [1.165, 1.54) is 12.5 Å². The van der Waals surface area contributed by atoms with Crippen LogP contribution in [0.15, 0.2) is 22.7 Å². The normalized spacial score (nSPS) is 20.2. The molecule has 1 aromatic carbocycles. The molecule has 0 bridgehead atoms. The Kier molecular flexibility index (Phi) is 6.46. The maximum Gasteiger partial charge on any atom is 0.124 e. The Bertz CT molecular complexity index is 401. The fourth-order valence-electron chi connectivity index (χ4n) is 2.71. The topological polar surface area (TPSA) is 21.3 Å². The van der Waals surface area contributed by atoms with Crippen molar-refractivity contribution in [3.05, 3.63) is 34.1 Å². The molecule has 2 nitrogen and oxygen atoms in total. The molecule has 1 heterocycles. The zero-order valence-corrected chi connectivity index (χ0v) is 13.6. The highest BCUT2D eigenvalue weighted by Gasteiger charge is 2.19. The second-order valence-electron chi connectivity index (χ2n) is 5.42. The van der Waals surface area contributed by atoms with Gasteiger partial charge in [-0.2, -0.15) is 0 Å². The van der Waals surface area contributed by atoms with E-state index >= 15 is 0 Å². The van der Waals surface area contributed by atoms with Crippen LogP contribution in [0.3, 0.4) is 0 Å². The molecular formula is C16H23BrFNO. The lowest BCUT2D eigenvalue weighted by atomic mass is 9.99. The van der Waals surface area contributed by atoms with Crippen molar-refractivity contribution >= 4 is 15.9 Å². The van der Waals surface area contributed by atoms with E-state index in [-0.39, 0.29) is 11.9 Å². The third-order valence-electron chi connectivity index (χ3n) is 3.73. The monoisotopic (exact) mass is 343 g/mol. The van der Waals surface area contributed by atoms with Gasteiger partial charge in [0.25, 0.3) is 0 Å². The van der Waals surface area contributed by atoms with Crippen molar-refractivity contribution in [2.75, 3.05) is 13.2 Å². The largest absolute Gasteiger partial charge is 0.378 e. The van der Waals surface area contributed by atoms with Gasteiger partial charge in [0.05, 0.1) is 6.10 Å². The van der Waals surface area contributed by atoms with Crippen LogP contribution in [0.1, 0.15) is 50.6 Å². The molecule has 1 fully saturated rings. The van der Waals surface area contributed by atoms with Gasteiger partial charge in [0, 0.05) is 17.1 Å². The Labute approximate surface area is 129 Å². The fourth-order valence-corrected chi connectivity index (χ4v) is 3.19. The van der Waals surface area contributed by atoms with Crippen molar-refractivity contribution in [3.8, 4) is 0 Å². The Balaban J connectivity index is 2.00. The minimum absolute atomic E-state index is 0.185. The maximum absolute atomic E-state index is 13.6. The molecule has 4 heteroatoms. The number of hydrogen-bond acceptors (Lipinski definition) is 2. The minimum atomic E-state index is -0.185. The van der Waals surface area contributed by atoms with Crippen molar-refractivity contribution in [2.24, 2.45) is 0 Å². The summed E-state index contributed by atoms with van der Waals surface area (Å²) in [4.78, 5) is 0. The van der Waals surface area contributed by atoms with E-state index in [1.807, 2.05) is 6.07 Å². The molecule has 1 aliphatic heterocycles. The van der Waals surface area contributed by atoms with E-state index < -0.39 is 0 Å². The van der Waals surface area contributed by atoms with Gasteiger partial charge in [-0.25, -0.2) is 4.39 Å². The lowest BCUT2D eigenvalue weighted by Crippen LogP contribution is -2.23. The van der Waals surface area contributed by atoms with Crippen LogP contribution in [0.4, 0.5) is 4.39 Å². The molecular weight excluding hydrogens is 321 g/mol. The Hall–Kier alpha value is -0.450. The first-order valence-electron chi connectivity index (χ1n) is 7.50. The summed E-state index contributed by atoms with van der Waals surface area (Å²) in [6.07, 6.45) is 5.82. The highest BCUT2D eigenvalue weighted by Crippen LogP contribution is 2.26. The van der Waals surface area contributed by atoms with Crippen LogP contribution in [0.5, 0.6) is 0 Å². The van der Waals surface area contributed by atoms with Gasteiger partial charge in [-0.3, -0.25) is 0 Å². The number of benzene rings is 1. The van der Waals surface area contributed by atoms with E-state index in [0.29, 0.717) is 6.10 Å². The van der Waals surface area contributed by atoms with Crippen molar-refractivity contribution < 1.29 is 9.13 Å². The molecule has 0 amide bonds. The van der Waals surface area contributed by atoms with Gasteiger partial charge >= 0.3 is 0 Å². The highest BCUT2D eigenvalue weighted by molar-refractivity contribution is 9.10. The van der Waals surface area contributed by atoms with Crippen molar-refractivity contribution in [2.45, 2.75) is 51.2 Å². The molecule has 0 saturated carbocycles. The summed E-state index contributed by atoms with van der Waals surface area (Å²) >= 11 is 3.37. The predicted octanol–water partition coefficient (Wildman–Crippen LogP) is 4.59. The Morgan fingerprint density at radius 3 is 2.95 bits per heavy atom. The zero-order chi connectivity index (χ0) is 14.4. The lowest BCUT2D eigenvalue weighted by Gasteiger charge is -2.21. The lowest BCUT2D eigenvalue weighted by molar-refractivity contribution is 0.0996. The molecule has 1 saturated heterocycles. The van der Waals surface area contributed by atoms with E-state index in [4.69, 9.17) is 4.74 Å². The number of hydrogen-bond donors (Lipinski definition) is 1. The first-order valence-corrected chi connectivity index (χ1v) is 8.29. The highest BCUT2D eigenvalue weighted by atomic mass is 79.9. The molecule has 2 rings (SSSR count). The first-order chi connectivity index (χ1) is 9.69. The summed E-state index contributed by atoms with van der Waals surface area (Å²) in [5.74, 6) is -0.185. The van der Waals surface area contributed by atoms with Crippen LogP contribution >= 0.6 is 15.9 Å². The molecule has 0 spiro atoms. The molecule has 0 aromatic heterocycles. The predicted molar refractivity (Wildman–Crippen MR) is 83.3 cm³/mol. The van der Waals surface area contributed by atoms with E-state index in [0.717, 1.165) is 48.9 Å². The summed E-state index contributed by atoms with van der Waals surface area (Å²) in [6.45, 7) is 3.99. The van der Waals surface area contributed by atoms with E-state index in [9.17, 15) is 4.39 Å². The minimum Gasteiger partial charge on any atom is -0.378 e. The van der Waals surface area contributed by atoms with Gasteiger partial charge in [-0.15, -0.1) is 0 Å². The number of ether oxygens (including phenoxy) is 1. The van der Waals surface area contributed by atoms with E-state index in [2.05, 4.69) is 28.2 Å². The molecule has 1 aromatic rings. The molecule has 1 N–H and O–H groups in total. The Morgan fingerprint density at radius 1 is 1.45 bits per heavy atom. The zero-order valence-electron chi connectivity index (χ0n) is 12.0. The van der Waals surface area contributed by atoms with E-state index in [1.54, 1.807) is 6.07 Å². The Morgan fingerprint density at radius 2 is 2.30 bits per heavy atom. The number of nitrogens with one attached hydrogen (secondary N) is 1. The van der Waals surface area contributed by atoms with Crippen LogP contribution in [0.2, 0.25) is 0 Å².